The smallest absolute Gasteiger partial charge is 0.344 e. The van der Waals surface area contributed by atoms with Crippen LogP contribution in [0.3, 0.4) is 0 Å². The summed E-state index contributed by atoms with van der Waals surface area (Å²) in [7, 11) is 0. The van der Waals surface area contributed by atoms with Crippen LogP contribution in [0, 0.1) is 11.6 Å². The number of fused-ring (bicyclic) bond motifs is 1. The van der Waals surface area contributed by atoms with Crippen molar-refractivity contribution in [1.29, 1.82) is 0 Å². The minimum absolute atomic E-state index is 0.00983. The van der Waals surface area contributed by atoms with Crippen molar-refractivity contribution in [2.24, 2.45) is 0 Å². The number of nitrogens with one attached hydrogen (secondary N) is 1. The topological polar surface area (TPSA) is 55.4 Å². The molecule has 1 aromatic rings. The van der Waals surface area contributed by atoms with Crippen molar-refractivity contribution in [3.8, 4) is 0 Å². The molecule has 1 N–H and O–H groups in total. The molecule has 0 bridgehead atoms. The highest BCUT2D eigenvalue weighted by Gasteiger charge is 2.28. The molecule has 2 rings (SSSR count). The molecule has 4 nitrogen and oxygen atoms in total. The van der Waals surface area contributed by atoms with Crippen molar-refractivity contribution in [3.63, 3.8) is 0 Å². The lowest BCUT2D eigenvalue weighted by atomic mass is 10.1. The lowest BCUT2D eigenvalue weighted by Gasteiger charge is -2.18. The van der Waals surface area contributed by atoms with Gasteiger partial charge in [0, 0.05) is 4.90 Å². The van der Waals surface area contributed by atoms with Crippen LogP contribution in [-0.4, -0.2) is 24.2 Å². The molecule has 1 aliphatic heterocycles. The molecular weight excluding hydrogens is 264 g/mol. The van der Waals surface area contributed by atoms with Crippen LogP contribution >= 0.6 is 11.8 Å². The van der Waals surface area contributed by atoms with Crippen molar-refractivity contribution >= 4 is 29.3 Å². The number of esters is 1. The third kappa shape index (κ3) is 2.17. The highest BCUT2D eigenvalue weighted by atomic mass is 32.2. The molecule has 0 atom stereocenters. The van der Waals surface area contributed by atoms with Gasteiger partial charge in [-0.15, -0.1) is 11.8 Å². The van der Waals surface area contributed by atoms with E-state index in [1.807, 2.05) is 0 Å². The average molecular weight is 273 g/mol. The zero-order valence-electron chi connectivity index (χ0n) is 9.38. The Labute approximate surface area is 106 Å². The van der Waals surface area contributed by atoms with Gasteiger partial charge in [-0.3, -0.25) is 4.79 Å². The van der Waals surface area contributed by atoms with Crippen LogP contribution in [0.5, 0.6) is 0 Å². The first-order valence-corrected chi connectivity index (χ1v) is 6.15. The Bertz CT molecular complexity index is 534. The number of carbonyl (C=O) groups is 2. The van der Waals surface area contributed by atoms with Gasteiger partial charge in [0.2, 0.25) is 5.91 Å². The van der Waals surface area contributed by atoms with E-state index in [0.717, 1.165) is 17.8 Å². The normalized spacial score (nSPS) is 13.8. The predicted octanol–water partition coefficient (Wildman–Crippen LogP) is 2.19. The van der Waals surface area contributed by atoms with Gasteiger partial charge in [-0.05, 0) is 13.0 Å². The summed E-state index contributed by atoms with van der Waals surface area (Å²) < 4.78 is 32.2. The fourth-order valence-corrected chi connectivity index (χ4v) is 2.37. The summed E-state index contributed by atoms with van der Waals surface area (Å²) in [4.78, 5) is 22.9. The van der Waals surface area contributed by atoms with Gasteiger partial charge in [0.05, 0.1) is 18.0 Å². The van der Waals surface area contributed by atoms with E-state index in [9.17, 15) is 18.4 Å². The number of hydrogen-bond acceptors (Lipinski definition) is 4. The molecule has 1 amide bonds. The second-order valence-corrected chi connectivity index (χ2v) is 4.50. The summed E-state index contributed by atoms with van der Waals surface area (Å²) in [6.45, 7) is 1.54. The van der Waals surface area contributed by atoms with Crippen molar-refractivity contribution in [1.82, 2.24) is 0 Å². The molecule has 0 spiro atoms. The molecule has 1 aliphatic rings. The molecule has 0 aromatic heterocycles. The zero-order chi connectivity index (χ0) is 13.3. The number of hydrogen-bond donors (Lipinski definition) is 1. The van der Waals surface area contributed by atoms with E-state index < -0.39 is 29.1 Å². The van der Waals surface area contributed by atoms with Gasteiger partial charge < -0.3 is 10.1 Å². The zero-order valence-corrected chi connectivity index (χ0v) is 10.2. The summed E-state index contributed by atoms with van der Waals surface area (Å²) >= 11 is 1.01. The van der Waals surface area contributed by atoms with Gasteiger partial charge >= 0.3 is 5.97 Å². The fraction of sp³-hybridized carbons (Fsp3) is 0.273. The number of amides is 1. The van der Waals surface area contributed by atoms with E-state index in [1.165, 1.54) is 6.92 Å². The number of carbonyl (C=O) groups excluding carboxylic acids is 2. The maximum absolute atomic E-state index is 14.0. The van der Waals surface area contributed by atoms with Gasteiger partial charge in [-0.1, -0.05) is 0 Å². The predicted molar refractivity (Wildman–Crippen MR) is 61.7 cm³/mol. The van der Waals surface area contributed by atoms with Crippen molar-refractivity contribution in [2.45, 2.75) is 11.8 Å². The van der Waals surface area contributed by atoms with Crippen LogP contribution in [0.15, 0.2) is 11.0 Å². The van der Waals surface area contributed by atoms with Gasteiger partial charge in [0.15, 0.2) is 5.82 Å². The molecular formula is C11H9F2NO3S. The van der Waals surface area contributed by atoms with Gasteiger partial charge in [0.25, 0.3) is 0 Å². The highest BCUT2D eigenvalue weighted by molar-refractivity contribution is 8.00. The quantitative estimate of drug-likeness (QED) is 0.839. The van der Waals surface area contributed by atoms with Crippen LogP contribution in [0.4, 0.5) is 14.5 Å². The molecule has 0 radical (unpaired) electrons. The Kier molecular flexibility index (Phi) is 3.51. The Morgan fingerprint density at radius 3 is 2.94 bits per heavy atom. The van der Waals surface area contributed by atoms with Crippen LogP contribution in [0.2, 0.25) is 0 Å². The SMILES string of the molecule is CCOC(=O)c1c(F)cc2c(c1F)NC(=O)CS2. The van der Waals surface area contributed by atoms with E-state index in [1.54, 1.807) is 0 Å². The van der Waals surface area contributed by atoms with Gasteiger partial charge in [-0.25, -0.2) is 13.6 Å². The van der Waals surface area contributed by atoms with Crippen molar-refractivity contribution in [2.75, 3.05) is 17.7 Å². The van der Waals surface area contributed by atoms with Crippen LogP contribution < -0.4 is 5.32 Å². The molecule has 1 aromatic carbocycles. The first-order chi connectivity index (χ1) is 8.54. The van der Waals surface area contributed by atoms with Crippen LogP contribution in [-0.2, 0) is 9.53 Å². The lowest BCUT2D eigenvalue weighted by Crippen LogP contribution is -2.22. The number of rotatable bonds is 2. The Morgan fingerprint density at radius 1 is 1.56 bits per heavy atom. The van der Waals surface area contributed by atoms with E-state index >= 15 is 0 Å². The first-order valence-electron chi connectivity index (χ1n) is 5.16. The molecule has 7 heteroatoms. The average Bonchev–Trinajstić information content (AvgIpc) is 2.31. The molecule has 0 fully saturated rings. The number of thioether (sulfide) groups is 1. The second kappa shape index (κ2) is 4.93. The molecule has 0 saturated carbocycles. The number of halogens is 2. The molecule has 96 valence electrons. The fourth-order valence-electron chi connectivity index (χ4n) is 1.54. The Morgan fingerprint density at radius 2 is 2.28 bits per heavy atom. The molecule has 0 saturated heterocycles. The minimum atomic E-state index is -1.09. The van der Waals surface area contributed by atoms with E-state index in [0.29, 0.717) is 0 Å². The van der Waals surface area contributed by atoms with Crippen molar-refractivity contribution in [3.05, 3.63) is 23.3 Å². The van der Waals surface area contributed by atoms with Crippen LogP contribution in [0.1, 0.15) is 17.3 Å². The third-order valence-electron chi connectivity index (χ3n) is 2.28. The Balaban J connectivity index is 2.52. The summed E-state index contributed by atoms with van der Waals surface area (Å²) in [6, 6.07) is 1.02. The number of ether oxygens (including phenoxy) is 1. The minimum Gasteiger partial charge on any atom is -0.462 e. The second-order valence-electron chi connectivity index (χ2n) is 3.48. The van der Waals surface area contributed by atoms with E-state index in [-0.39, 0.29) is 22.9 Å². The van der Waals surface area contributed by atoms with E-state index in [2.05, 4.69) is 10.1 Å². The summed E-state index contributed by atoms with van der Waals surface area (Å²) in [5.41, 5.74) is -0.945. The molecule has 1 heterocycles. The lowest BCUT2D eigenvalue weighted by molar-refractivity contribution is -0.113. The number of anilines is 1. The monoisotopic (exact) mass is 273 g/mol. The first kappa shape index (κ1) is 12.8. The summed E-state index contributed by atoms with van der Waals surface area (Å²) in [5, 5.41) is 2.28. The Hall–Kier alpha value is -1.63. The highest BCUT2D eigenvalue weighted by Crippen LogP contribution is 2.36. The van der Waals surface area contributed by atoms with Crippen LogP contribution in [0.25, 0.3) is 0 Å². The standard InChI is InChI=1S/C11H9F2NO3S/c1-2-17-11(16)8-5(12)3-6-10(9(8)13)14-7(15)4-18-6/h3H,2,4H2,1H3,(H,14,15). The molecule has 0 unspecified atom stereocenters. The van der Waals surface area contributed by atoms with Gasteiger partial charge in [-0.2, -0.15) is 0 Å². The van der Waals surface area contributed by atoms with Gasteiger partial charge in [0.1, 0.15) is 11.4 Å². The third-order valence-corrected chi connectivity index (χ3v) is 3.32. The summed E-state index contributed by atoms with van der Waals surface area (Å²) in [6.07, 6.45) is 0. The molecule has 18 heavy (non-hydrogen) atoms. The number of benzene rings is 1. The van der Waals surface area contributed by atoms with E-state index in [4.69, 9.17) is 0 Å². The van der Waals surface area contributed by atoms with Crippen molar-refractivity contribution < 1.29 is 23.1 Å². The maximum atomic E-state index is 14.0. The largest absolute Gasteiger partial charge is 0.462 e. The summed E-state index contributed by atoms with van der Waals surface area (Å²) in [5.74, 6) is -3.48. The maximum Gasteiger partial charge on any atom is 0.344 e. The molecule has 0 aliphatic carbocycles.